The van der Waals surface area contributed by atoms with Gasteiger partial charge in [-0.05, 0) is 43.8 Å². The number of rotatable bonds is 3. The third-order valence-corrected chi connectivity index (χ3v) is 3.08. The van der Waals surface area contributed by atoms with E-state index in [1.165, 1.54) is 19.3 Å². The molecule has 0 radical (unpaired) electrons. The van der Waals surface area contributed by atoms with Gasteiger partial charge in [0.05, 0.1) is 0 Å². The van der Waals surface area contributed by atoms with Crippen LogP contribution in [0.4, 0.5) is 4.39 Å². The molecule has 15 heavy (non-hydrogen) atoms. The Kier molecular flexibility index (Phi) is 4.31. The Morgan fingerprint density at radius 3 is 1.93 bits per heavy atom. The van der Waals surface area contributed by atoms with Crippen LogP contribution in [-0.4, -0.2) is 0 Å². The molecule has 1 fully saturated rings. The minimum Gasteiger partial charge on any atom is -0.206 e. The predicted octanol–water partition coefficient (Wildman–Crippen LogP) is 4.94. The Hall–Kier alpha value is -0.850. The molecule has 1 aliphatic carbocycles. The lowest BCUT2D eigenvalue weighted by Gasteiger charge is -2.25. The van der Waals surface area contributed by atoms with Gasteiger partial charge in [0.15, 0.2) is 0 Å². The first-order valence-corrected chi connectivity index (χ1v) is 5.75. The van der Waals surface area contributed by atoms with E-state index < -0.39 is 0 Å². The van der Waals surface area contributed by atoms with E-state index in [1.807, 2.05) is 6.92 Å². The van der Waals surface area contributed by atoms with Crippen molar-refractivity contribution in [2.45, 2.75) is 46.0 Å². The molecule has 0 atom stereocenters. The van der Waals surface area contributed by atoms with E-state index in [-0.39, 0.29) is 5.83 Å². The average Bonchev–Trinajstić information content (AvgIpc) is 2.18. The molecule has 0 aromatic carbocycles. The zero-order valence-electron chi connectivity index (χ0n) is 9.91. The van der Waals surface area contributed by atoms with E-state index in [4.69, 9.17) is 0 Å². The summed E-state index contributed by atoms with van der Waals surface area (Å²) in [6, 6.07) is 0. The lowest BCUT2D eigenvalue weighted by Crippen LogP contribution is -2.11. The number of allylic oxidation sites excluding steroid dienone is 4. The van der Waals surface area contributed by atoms with E-state index >= 15 is 0 Å². The van der Waals surface area contributed by atoms with Gasteiger partial charge >= 0.3 is 0 Å². The van der Waals surface area contributed by atoms with Gasteiger partial charge < -0.3 is 0 Å². The lowest BCUT2D eigenvalue weighted by atomic mass is 9.80. The first-order chi connectivity index (χ1) is 7.04. The van der Waals surface area contributed by atoms with Gasteiger partial charge in [-0.3, -0.25) is 0 Å². The molecule has 0 N–H and O–H groups in total. The molecule has 0 aromatic rings. The minimum absolute atomic E-state index is 0.130. The second-order valence-electron chi connectivity index (χ2n) is 4.62. The summed E-state index contributed by atoms with van der Waals surface area (Å²) in [5, 5.41) is 0. The maximum absolute atomic E-state index is 13.9. The van der Waals surface area contributed by atoms with Crippen molar-refractivity contribution in [1.82, 2.24) is 0 Å². The summed E-state index contributed by atoms with van der Waals surface area (Å²) >= 11 is 0. The van der Waals surface area contributed by atoms with Crippen molar-refractivity contribution in [2.24, 2.45) is 5.92 Å². The fraction of sp³-hybridized carbons (Fsp3) is 0.571. The molecule has 0 amide bonds. The van der Waals surface area contributed by atoms with Gasteiger partial charge in [-0.2, -0.15) is 0 Å². The normalized spacial score (nSPS) is 19.7. The molecule has 0 aromatic heterocycles. The molecule has 1 saturated carbocycles. The van der Waals surface area contributed by atoms with Crippen LogP contribution in [0.3, 0.4) is 0 Å². The standard InChI is InChI=1S/C14H21F/c1-10(2)13(14(15)11(3)4)12-8-6-5-7-9-12/h12H,1,3,5-9H2,2,4H3/b14-13-. The topological polar surface area (TPSA) is 0 Å². The van der Waals surface area contributed by atoms with Gasteiger partial charge in [0, 0.05) is 0 Å². The van der Waals surface area contributed by atoms with Crippen LogP contribution in [-0.2, 0) is 0 Å². The first kappa shape index (κ1) is 12.2. The molecule has 1 heteroatoms. The molecule has 1 aliphatic rings. The smallest absolute Gasteiger partial charge is 0.129 e. The molecular formula is C14H21F. The van der Waals surface area contributed by atoms with Crippen molar-refractivity contribution in [1.29, 1.82) is 0 Å². The summed E-state index contributed by atoms with van der Waals surface area (Å²) in [5.74, 6) is 0.238. The number of halogens is 1. The van der Waals surface area contributed by atoms with Gasteiger partial charge in [0.25, 0.3) is 0 Å². The van der Waals surface area contributed by atoms with Crippen LogP contribution in [0.1, 0.15) is 46.0 Å². The van der Waals surface area contributed by atoms with E-state index in [0.717, 1.165) is 24.0 Å². The highest BCUT2D eigenvalue weighted by molar-refractivity contribution is 5.39. The maximum atomic E-state index is 13.9. The second kappa shape index (κ2) is 5.29. The highest BCUT2D eigenvalue weighted by atomic mass is 19.1. The van der Waals surface area contributed by atoms with Crippen molar-refractivity contribution >= 4 is 0 Å². The van der Waals surface area contributed by atoms with Crippen molar-refractivity contribution < 1.29 is 4.39 Å². The zero-order chi connectivity index (χ0) is 11.4. The predicted molar refractivity (Wildman–Crippen MR) is 64.3 cm³/mol. The Balaban J connectivity index is 2.95. The van der Waals surface area contributed by atoms with Crippen LogP contribution in [0.25, 0.3) is 0 Å². The minimum atomic E-state index is -0.130. The molecule has 0 spiro atoms. The van der Waals surface area contributed by atoms with Crippen LogP contribution in [0.15, 0.2) is 35.7 Å². The Morgan fingerprint density at radius 2 is 1.53 bits per heavy atom. The van der Waals surface area contributed by atoms with Crippen LogP contribution < -0.4 is 0 Å². The molecule has 0 nitrogen and oxygen atoms in total. The SMILES string of the molecule is C=C(C)/C(F)=C(\C(=C)C)C1CCCCC1. The van der Waals surface area contributed by atoms with Gasteiger partial charge in [-0.25, -0.2) is 4.39 Å². The fourth-order valence-electron chi connectivity index (χ4n) is 2.34. The molecular weight excluding hydrogens is 187 g/mol. The lowest BCUT2D eigenvalue weighted by molar-refractivity contribution is 0.397. The van der Waals surface area contributed by atoms with Gasteiger partial charge in [-0.15, -0.1) is 0 Å². The maximum Gasteiger partial charge on any atom is 0.129 e. The van der Waals surface area contributed by atoms with Crippen LogP contribution >= 0.6 is 0 Å². The molecule has 84 valence electrons. The van der Waals surface area contributed by atoms with E-state index in [2.05, 4.69) is 13.2 Å². The Bertz CT molecular complexity index is 290. The molecule has 0 bridgehead atoms. The molecule has 0 saturated heterocycles. The van der Waals surface area contributed by atoms with Crippen LogP contribution in [0.5, 0.6) is 0 Å². The summed E-state index contributed by atoms with van der Waals surface area (Å²) in [6.07, 6.45) is 5.91. The summed E-state index contributed by atoms with van der Waals surface area (Å²) in [5.41, 5.74) is 2.21. The van der Waals surface area contributed by atoms with Crippen molar-refractivity contribution in [3.05, 3.63) is 35.7 Å². The quantitative estimate of drug-likeness (QED) is 0.576. The van der Waals surface area contributed by atoms with Gasteiger partial charge in [0.1, 0.15) is 5.83 Å². The van der Waals surface area contributed by atoms with Crippen LogP contribution in [0.2, 0.25) is 0 Å². The summed E-state index contributed by atoms with van der Waals surface area (Å²) < 4.78 is 13.9. The van der Waals surface area contributed by atoms with Gasteiger partial charge in [-0.1, -0.05) is 38.0 Å². The monoisotopic (exact) mass is 208 g/mol. The summed E-state index contributed by atoms with van der Waals surface area (Å²) in [6.45, 7) is 11.2. The van der Waals surface area contributed by atoms with E-state index in [1.54, 1.807) is 6.92 Å². The first-order valence-electron chi connectivity index (χ1n) is 5.75. The Morgan fingerprint density at radius 1 is 1.00 bits per heavy atom. The van der Waals surface area contributed by atoms with Crippen molar-refractivity contribution in [3.8, 4) is 0 Å². The van der Waals surface area contributed by atoms with Crippen LogP contribution in [0, 0.1) is 5.92 Å². The second-order valence-corrected chi connectivity index (χ2v) is 4.62. The van der Waals surface area contributed by atoms with Crippen molar-refractivity contribution in [2.75, 3.05) is 0 Å². The highest BCUT2D eigenvalue weighted by Gasteiger charge is 2.22. The number of hydrogen-bond acceptors (Lipinski definition) is 0. The molecule has 1 rings (SSSR count). The average molecular weight is 208 g/mol. The van der Waals surface area contributed by atoms with Crippen molar-refractivity contribution in [3.63, 3.8) is 0 Å². The molecule has 0 unspecified atom stereocenters. The highest BCUT2D eigenvalue weighted by Crippen LogP contribution is 2.36. The fourth-order valence-corrected chi connectivity index (χ4v) is 2.34. The number of hydrogen-bond donors (Lipinski definition) is 0. The van der Waals surface area contributed by atoms with E-state index in [9.17, 15) is 4.39 Å². The molecule has 0 heterocycles. The van der Waals surface area contributed by atoms with E-state index in [0.29, 0.717) is 11.5 Å². The third kappa shape index (κ3) is 3.05. The summed E-state index contributed by atoms with van der Waals surface area (Å²) in [7, 11) is 0. The molecule has 0 aliphatic heterocycles. The summed E-state index contributed by atoms with van der Waals surface area (Å²) in [4.78, 5) is 0. The Labute approximate surface area is 92.6 Å². The van der Waals surface area contributed by atoms with Gasteiger partial charge in [0.2, 0.25) is 0 Å². The third-order valence-electron chi connectivity index (χ3n) is 3.08. The largest absolute Gasteiger partial charge is 0.206 e. The zero-order valence-corrected chi connectivity index (χ0v) is 9.91.